The zero-order valence-electron chi connectivity index (χ0n) is 13.7. The molecule has 0 aliphatic carbocycles. The average molecular weight is 349 g/mol. The van der Waals surface area contributed by atoms with Gasteiger partial charge >= 0.3 is 0 Å². The van der Waals surface area contributed by atoms with E-state index in [4.69, 9.17) is 16.0 Å². The fourth-order valence-electron chi connectivity index (χ4n) is 2.24. The van der Waals surface area contributed by atoms with Crippen molar-refractivity contribution in [3.8, 4) is 0 Å². The monoisotopic (exact) mass is 348 g/mol. The van der Waals surface area contributed by atoms with Gasteiger partial charge in [0.15, 0.2) is 0 Å². The fourth-order valence-corrected chi connectivity index (χ4v) is 2.37. The van der Waals surface area contributed by atoms with Gasteiger partial charge in [-0.05, 0) is 35.7 Å². The molecule has 1 heterocycles. The van der Waals surface area contributed by atoms with Crippen LogP contribution in [0.3, 0.4) is 0 Å². The molecule has 0 fully saturated rings. The SMILES string of the molecule is CC(C)[C@H](NC(=O)Cc1ccc(Cl)cc1)C(=O)NCc1ccco1. The molecule has 2 rings (SSSR count). The summed E-state index contributed by atoms with van der Waals surface area (Å²) in [5, 5.41) is 6.19. The summed E-state index contributed by atoms with van der Waals surface area (Å²) in [6.45, 7) is 4.07. The molecule has 128 valence electrons. The Hall–Kier alpha value is -2.27. The number of halogens is 1. The first kappa shape index (κ1) is 18.1. The summed E-state index contributed by atoms with van der Waals surface area (Å²) in [6, 6.07) is 10.0. The Labute approximate surface area is 146 Å². The molecule has 0 aliphatic rings. The Bertz CT molecular complexity index is 666. The molecule has 0 unspecified atom stereocenters. The topological polar surface area (TPSA) is 71.3 Å². The maximum absolute atomic E-state index is 12.3. The van der Waals surface area contributed by atoms with E-state index < -0.39 is 6.04 Å². The van der Waals surface area contributed by atoms with Gasteiger partial charge in [-0.1, -0.05) is 37.6 Å². The van der Waals surface area contributed by atoms with E-state index in [0.717, 1.165) is 5.56 Å². The highest BCUT2D eigenvalue weighted by atomic mass is 35.5. The minimum Gasteiger partial charge on any atom is -0.467 e. The first-order chi connectivity index (χ1) is 11.5. The van der Waals surface area contributed by atoms with E-state index in [1.54, 1.807) is 42.7 Å². The summed E-state index contributed by atoms with van der Waals surface area (Å²) >= 11 is 5.83. The highest BCUT2D eigenvalue weighted by Gasteiger charge is 2.24. The zero-order valence-corrected chi connectivity index (χ0v) is 14.5. The first-order valence-electron chi connectivity index (χ1n) is 7.79. The van der Waals surface area contributed by atoms with Gasteiger partial charge < -0.3 is 15.1 Å². The number of amides is 2. The van der Waals surface area contributed by atoms with E-state index in [9.17, 15) is 9.59 Å². The predicted octanol–water partition coefficient (Wildman–Crippen LogP) is 2.93. The van der Waals surface area contributed by atoms with Crippen LogP contribution in [0.2, 0.25) is 5.02 Å². The second kappa shape index (κ2) is 8.55. The van der Waals surface area contributed by atoms with Crippen LogP contribution in [0.5, 0.6) is 0 Å². The molecule has 0 aliphatic heterocycles. The van der Waals surface area contributed by atoms with Crippen molar-refractivity contribution in [2.45, 2.75) is 32.9 Å². The van der Waals surface area contributed by atoms with Crippen molar-refractivity contribution in [2.75, 3.05) is 0 Å². The van der Waals surface area contributed by atoms with E-state index >= 15 is 0 Å². The summed E-state index contributed by atoms with van der Waals surface area (Å²) in [5.74, 6) is 0.198. The van der Waals surface area contributed by atoms with Gasteiger partial charge in [0.05, 0.1) is 19.2 Å². The van der Waals surface area contributed by atoms with Crippen molar-refractivity contribution in [3.05, 3.63) is 59.0 Å². The molecule has 6 heteroatoms. The predicted molar refractivity (Wildman–Crippen MR) is 92.5 cm³/mol. The van der Waals surface area contributed by atoms with E-state index in [0.29, 0.717) is 17.3 Å². The fraction of sp³-hybridized carbons (Fsp3) is 0.333. The highest BCUT2D eigenvalue weighted by Crippen LogP contribution is 2.10. The number of hydrogen-bond acceptors (Lipinski definition) is 3. The summed E-state index contributed by atoms with van der Waals surface area (Å²) in [4.78, 5) is 24.5. The van der Waals surface area contributed by atoms with E-state index in [1.807, 2.05) is 13.8 Å². The lowest BCUT2D eigenvalue weighted by atomic mass is 10.0. The summed E-state index contributed by atoms with van der Waals surface area (Å²) in [5.41, 5.74) is 0.843. The number of hydrogen-bond donors (Lipinski definition) is 2. The summed E-state index contributed by atoms with van der Waals surface area (Å²) < 4.78 is 5.18. The Morgan fingerprint density at radius 2 is 1.88 bits per heavy atom. The Morgan fingerprint density at radius 1 is 1.17 bits per heavy atom. The average Bonchev–Trinajstić information content (AvgIpc) is 3.06. The Morgan fingerprint density at radius 3 is 2.46 bits per heavy atom. The van der Waals surface area contributed by atoms with Crippen LogP contribution in [0.25, 0.3) is 0 Å². The first-order valence-corrected chi connectivity index (χ1v) is 8.17. The minimum absolute atomic E-state index is 0.0317. The van der Waals surface area contributed by atoms with Gasteiger partial charge in [-0.2, -0.15) is 0 Å². The van der Waals surface area contributed by atoms with E-state index in [1.165, 1.54) is 0 Å². The van der Waals surface area contributed by atoms with Gasteiger partial charge in [-0.25, -0.2) is 0 Å². The zero-order chi connectivity index (χ0) is 17.5. The van der Waals surface area contributed by atoms with Crippen LogP contribution < -0.4 is 10.6 Å². The molecule has 0 radical (unpaired) electrons. The normalized spacial score (nSPS) is 12.0. The van der Waals surface area contributed by atoms with Crippen molar-refractivity contribution in [1.82, 2.24) is 10.6 Å². The Kier molecular flexibility index (Phi) is 6.44. The third-order valence-electron chi connectivity index (χ3n) is 3.56. The molecule has 1 aromatic heterocycles. The second-order valence-electron chi connectivity index (χ2n) is 5.89. The van der Waals surface area contributed by atoms with Crippen molar-refractivity contribution in [1.29, 1.82) is 0 Å². The number of carbonyl (C=O) groups excluding carboxylic acids is 2. The van der Waals surface area contributed by atoms with Crippen LogP contribution in [0, 0.1) is 5.92 Å². The summed E-state index contributed by atoms with van der Waals surface area (Å²) in [7, 11) is 0. The van der Waals surface area contributed by atoms with Gasteiger partial charge in [0, 0.05) is 5.02 Å². The standard InChI is InChI=1S/C18H21ClN2O3/c1-12(2)17(18(23)20-11-15-4-3-9-24-15)21-16(22)10-13-5-7-14(19)8-6-13/h3-9,12,17H,10-11H2,1-2H3,(H,20,23)(H,21,22)/t17-/m0/s1. The number of benzene rings is 1. The maximum atomic E-state index is 12.3. The molecule has 0 saturated heterocycles. The van der Waals surface area contributed by atoms with Crippen LogP contribution in [-0.2, 0) is 22.6 Å². The Balaban J connectivity index is 1.90. The number of rotatable bonds is 7. The number of furan rings is 1. The quantitative estimate of drug-likeness (QED) is 0.808. The number of carbonyl (C=O) groups is 2. The maximum Gasteiger partial charge on any atom is 0.243 e. The largest absolute Gasteiger partial charge is 0.467 e. The van der Waals surface area contributed by atoms with Gasteiger partial charge in [-0.3, -0.25) is 9.59 Å². The molecule has 1 aromatic carbocycles. The third kappa shape index (κ3) is 5.42. The molecular formula is C18H21ClN2O3. The molecule has 2 N–H and O–H groups in total. The minimum atomic E-state index is -0.597. The van der Waals surface area contributed by atoms with Crippen LogP contribution in [0.4, 0.5) is 0 Å². The molecule has 1 atom stereocenters. The van der Waals surface area contributed by atoms with Crippen LogP contribution >= 0.6 is 11.6 Å². The molecule has 2 amide bonds. The van der Waals surface area contributed by atoms with Crippen molar-refractivity contribution < 1.29 is 14.0 Å². The number of nitrogens with one attached hydrogen (secondary N) is 2. The van der Waals surface area contributed by atoms with E-state index in [2.05, 4.69) is 10.6 Å². The molecule has 5 nitrogen and oxygen atoms in total. The molecule has 24 heavy (non-hydrogen) atoms. The van der Waals surface area contributed by atoms with Crippen molar-refractivity contribution >= 4 is 23.4 Å². The van der Waals surface area contributed by atoms with E-state index in [-0.39, 0.29) is 24.2 Å². The lowest BCUT2D eigenvalue weighted by Gasteiger charge is -2.21. The molecule has 0 spiro atoms. The van der Waals surface area contributed by atoms with Crippen molar-refractivity contribution in [3.63, 3.8) is 0 Å². The molecule has 0 saturated carbocycles. The lowest BCUT2D eigenvalue weighted by molar-refractivity contribution is -0.129. The molecular weight excluding hydrogens is 328 g/mol. The van der Waals surface area contributed by atoms with Gasteiger partial charge in [0.2, 0.25) is 11.8 Å². The van der Waals surface area contributed by atoms with Gasteiger partial charge in [0.25, 0.3) is 0 Å². The lowest BCUT2D eigenvalue weighted by Crippen LogP contribution is -2.49. The van der Waals surface area contributed by atoms with Gasteiger partial charge in [0.1, 0.15) is 11.8 Å². The van der Waals surface area contributed by atoms with Crippen LogP contribution in [0.1, 0.15) is 25.2 Å². The third-order valence-corrected chi connectivity index (χ3v) is 3.81. The molecule has 0 bridgehead atoms. The van der Waals surface area contributed by atoms with Crippen LogP contribution in [-0.4, -0.2) is 17.9 Å². The second-order valence-corrected chi connectivity index (χ2v) is 6.33. The highest BCUT2D eigenvalue weighted by molar-refractivity contribution is 6.30. The van der Waals surface area contributed by atoms with Gasteiger partial charge in [-0.15, -0.1) is 0 Å². The van der Waals surface area contributed by atoms with Crippen molar-refractivity contribution in [2.24, 2.45) is 5.92 Å². The summed E-state index contributed by atoms with van der Waals surface area (Å²) in [6.07, 6.45) is 1.75. The molecule has 2 aromatic rings. The van der Waals surface area contributed by atoms with Crippen LogP contribution in [0.15, 0.2) is 47.1 Å². The smallest absolute Gasteiger partial charge is 0.243 e.